The van der Waals surface area contributed by atoms with E-state index in [1.165, 1.54) is 0 Å². The standard InChI is InChI=1S/C10H17N3OS/c1-8-5-11-10(15)13(8)7-9-6-12(2)3-4-14-9/h5,9H,3-4,6-7H2,1-2H3,(H,11,15). The Morgan fingerprint density at radius 1 is 1.67 bits per heavy atom. The van der Waals surface area contributed by atoms with Crippen LogP contribution >= 0.6 is 12.2 Å². The van der Waals surface area contributed by atoms with E-state index >= 15 is 0 Å². The highest BCUT2D eigenvalue weighted by Gasteiger charge is 2.18. The minimum Gasteiger partial charge on any atom is -0.374 e. The second kappa shape index (κ2) is 4.47. The molecule has 0 aliphatic carbocycles. The van der Waals surface area contributed by atoms with Crippen LogP contribution in [0.15, 0.2) is 6.20 Å². The zero-order chi connectivity index (χ0) is 10.8. The molecule has 1 N–H and O–H groups in total. The smallest absolute Gasteiger partial charge is 0.177 e. The molecular weight excluding hydrogens is 210 g/mol. The number of morpholine rings is 1. The number of aryl methyl sites for hydroxylation is 1. The van der Waals surface area contributed by atoms with Crippen LogP contribution < -0.4 is 0 Å². The van der Waals surface area contributed by atoms with E-state index in [0.717, 1.165) is 36.7 Å². The van der Waals surface area contributed by atoms with Gasteiger partial charge in [0.25, 0.3) is 0 Å². The molecule has 15 heavy (non-hydrogen) atoms. The summed E-state index contributed by atoms with van der Waals surface area (Å²) in [5.41, 5.74) is 1.16. The molecule has 1 fully saturated rings. The van der Waals surface area contributed by atoms with Gasteiger partial charge in [0.1, 0.15) is 0 Å². The molecule has 1 aliphatic heterocycles. The molecule has 0 radical (unpaired) electrons. The van der Waals surface area contributed by atoms with E-state index in [9.17, 15) is 0 Å². The normalized spacial score (nSPS) is 23.2. The van der Waals surface area contributed by atoms with Crippen LogP contribution in [0.25, 0.3) is 0 Å². The van der Waals surface area contributed by atoms with Crippen molar-refractivity contribution in [1.82, 2.24) is 14.5 Å². The Kier molecular flexibility index (Phi) is 3.23. The Bertz CT molecular complexity index is 384. The van der Waals surface area contributed by atoms with Crippen LogP contribution in [0.1, 0.15) is 5.69 Å². The van der Waals surface area contributed by atoms with Crippen molar-refractivity contribution >= 4 is 12.2 Å². The molecule has 1 atom stereocenters. The van der Waals surface area contributed by atoms with Gasteiger partial charge in [-0.2, -0.15) is 0 Å². The Morgan fingerprint density at radius 3 is 3.07 bits per heavy atom. The lowest BCUT2D eigenvalue weighted by Crippen LogP contribution is -2.42. The zero-order valence-electron chi connectivity index (χ0n) is 9.19. The van der Waals surface area contributed by atoms with Crippen molar-refractivity contribution in [3.05, 3.63) is 16.7 Å². The largest absolute Gasteiger partial charge is 0.374 e. The summed E-state index contributed by atoms with van der Waals surface area (Å²) in [5.74, 6) is 0. The first-order valence-electron chi connectivity index (χ1n) is 5.22. The quantitative estimate of drug-likeness (QED) is 0.770. The van der Waals surface area contributed by atoms with Crippen LogP contribution in [0.2, 0.25) is 0 Å². The summed E-state index contributed by atoms with van der Waals surface area (Å²) in [4.78, 5) is 5.34. The van der Waals surface area contributed by atoms with Gasteiger partial charge in [-0.15, -0.1) is 0 Å². The number of aromatic amines is 1. The lowest BCUT2D eigenvalue weighted by molar-refractivity contribution is -0.0278. The van der Waals surface area contributed by atoms with E-state index in [4.69, 9.17) is 17.0 Å². The maximum atomic E-state index is 5.71. The SMILES string of the molecule is Cc1c[nH]c(=S)n1CC1CN(C)CCO1. The van der Waals surface area contributed by atoms with Gasteiger partial charge >= 0.3 is 0 Å². The monoisotopic (exact) mass is 227 g/mol. The minimum absolute atomic E-state index is 0.255. The van der Waals surface area contributed by atoms with Crippen LogP contribution in [0, 0.1) is 11.7 Å². The lowest BCUT2D eigenvalue weighted by atomic mass is 10.3. The summed E-state index contributed by atoms with van der Waals surface area (Å²) in [6.07, 6.45) is 2.19. The van der Waals surface area contributed by atoms with Gasteiger partial charge in [-0.25, -0.2) is 0 Å². The summed E-state index contributed by atoms with van der Waals surface area (Å²) < 4.78 is 8.59. The fourth-order valence-corrected chi connectivity index (χ4v) is 2.17. The third-order valence-electron chi connectivity index (χ3n) is 2.80. The molecule has 1 aliphatic rings. The molecule has 84 valence electrons. The maximum absolute atomic E-state index is 5.71. The zero-order valence-corrected chi connectivity index (χ0v) is 10.0. The minimum atomic E-state index is 0.255. The third kappa shape index (κ3) is 2.48. The Morgan fingerprint density at radius 2 is 2.47 bits per heavy atom. The van der Waals surface area contributed by atoms with Crippen molar-refractivity contribution in [3.8, 4) is 0 Å². The highest BCUT2D eigenvalue weighted by molar-refractivity contribution is 7.71. The number of nitrogens with one attached hydrogen (secondary N) is 1. The predicted octanol–water partition coefficient (Wildman–Crippen LogP) is 1.18. The molecule has 1 aromatic rings. The van der Waals surface area contributed by atoms with Crippen LogP contribution in [0.4, 0.5) is 0 Å². The van der Waals surface area contributed by atoms with E-state index in [1.54, 1.807) is 0 Å². The van der Waals surface area contributed by atoms with E-state index in [1.807, 2.05) is 6.20 Å². The molecular formula is C10H17N3OS. The molecule has 1 unspecified atom stereocenters. The van der Waals surface area contributed by atoms with Crippen LogP contribution in [-0.2, 0) is 11.3 Å². The van der Waals surface area contributed by atoms with E-state index < -0.39 is 0 Å². The van der Waals surface area contributed by atoms with Gasteiger partial charge < -0.3 is 19.2 Å². The summed E-state index contributed by atoms with van der Waals surface area (Å²) in [5, 5.41) is 0. The number of hydrogen-bond donors (Lipinski definition) is 1. The Hall–Kier alpha value is -0.650. The Labute approximate surface area is 94.9 Å². The molecule has 4 nitrogen and oxygen atoms in total. The van der Waals surface area contributed by atoms with Gasteiger partial charge in [0.05, 0.1) is 19.3 Å². The van der Waals surface area contributed by atoms with Crippen molar-refractivity contribution in [1.29, 1.82) is 0 Å². The fraction of sp³-hybridized carbons (Fsp3) is 0.700. The number of H-pyrrole nitrogens is 1. The number of imidazole rings is 1. The molecule has 0 spiro atoms. The third-order valence-corrected chi connectivity index (χ3v) is 3.14. The van der Waals surface area contributed by atoms with E-state index in [-0.39, 0.29) is 6.10 Å². The molecule has 2 heterocycles. The molecule has 0 aromatic carbocycles. The molecule has 0 amide bonds. The van der Waals surface area contributed by atoms with Gasteiger partial charge in [-0.1, -0.05) is 0 Å². The molecule has 1 aromatic heterocycles. The first kappa shape index (κ1) is 10.9. The van der Waals surface area contributed by atoms with E-state index in [2.05, 4.69) is 28.4 Å². The molecule has 0 bridgehead atoms. The number of nitrogens with zero attached hydrogens (tertiary/aromatic N) is 2. The summed E-state index contributed by atoms with van der Waals surface area (Å²) in [7, 11) is 2.12. The van der Waals surface area contributed by atoms with Crippen LogP contribution in [0.3, 0.4) is 0 Å². The molecule has 5 heteroatoms. The van der Waals surface area contributed by atoms with Crippen molar-refractivity contribution in [2.24, 2.45) is 0 Å². The van der Waals surface area contributed by atoms with Gasteiger partial charge in [0.2, 0.25) is 0 Å². The van der Waals surface area contributed by atoms with Gasteiger partial charge in [0, 0.05) is 25.0 Å². The number of likely N-dealkylation sites (N-methyl/N-ethyl adjacent to an activating group) is 1. The predicted molar refractivity (Wildman–Crippen MR) is 61.6 cm³/mol. The van der Waals surface area contributed by atoms with Crippen LogP contribution in [0.5, 0.6) is 0 Å². The van der Waals surface area contributed by atoms with Crippen LogP contribution in [-0.4, -0.2) is 47.3 Å². The van der Waals surface area contributed by atoms with E-state index in [0.29, 0.717) is 0 Å². The summed E-state index contributed by atoms with van der Waals surface area (Å²) >= 11 is 5.21. The molecule has 0 saturated carbocycles. The highest BCUT2D eigenvalue weighted by atomic mass is 32.1. The maximum Gasteiger partial charge on any atom is 0.177 e. The number of rotatable bonds is 2. The van der Waals surface area contributed by atoms with Gasteiger partial charge in [-0.05, 0) is 26.2 Å². The topological polar surface area (TPSA) is 33.2 Å². The number of aromatic nitrogens is 2. The lowest BCUT2D eigenvalue weighted by Gasteiger charge is -2.30. The second-order valence-corrected chi connectivity index (χ2v) is 4.49. The first-order chi connectivity index (χ1) is 7.16. The fourth-order valence-electron chi connectivity index (χ4n) is 1.89. The highest BCUT2D eigenvalue weighted by Crippen LogP contribution is 2.08. The first-order valence-corrected chi connectivity index (χ1v) is 5.62. The summed E-state index contributed by atoms with van der Waals surface area (Å²) in [6.45, 7) is 5.72. The Balaban J connectivity index is 2.05. The molecule has 2 rings (SSSR count). The van der Waals surface area contributed by atoms with Crippen molar-refractivity contribution < 1.29 is 4.74 Å². The van der Waals surface area contributed by atoms with Crippen molar-refractivity contribution in [2.75, 3.05) is 26.7 Å². The van der Waals surface area contributed by atoms with Crippen molar-refractivity contribution in [2.45, 2.75) is 19.6 Å². The van der Waals surface area contributed by atoms with Gasteiger partial charge in [-0.3, -0.25) is 0 Å². The number of hydrogen-bond acceptors (Lipinski definition) is 3. The number of ether oxygens (including phenoxy) is 1. The van der Waals surface area contributed by atoms with Gasteiger partial charge in [0.15, 0.2) is 4.77 Å². The summed E-state index contributed by atoms with van der Waals surface area (Å²) in [6, 6.07) is 0. The molecule has 1 saturated heterocycles. The van der Waals surface area contributed by atoms with Crippen molar-refractivity contribution in [3.63, 3.8) is 0 Å². The second-order valence-electron chi connectivity index (χ2n) is 4.10. The average molecular weight is 227 g/mol. The average Bonchev–Trinajstić information content (AvgIpc) is 2.50.